The number of aromatic amines is 1. The van der Waals surface area contributed by atoms with Gasteiger partial charge in [0.25, 0.3) is 5.69 Å². The van der Waals surface area contributed by atoms with Crippen molar-refractivity contribution in [3.05, 3.63) is 85.5 Å². The van der Waals surface area contributed by atoms with Crippen molar-refractivity contribution < 1.29 is 22.1 Å². The van der Waals surface area contributed by atoms with Crippen LogP contribution in [0.3, 0.4) is 0 Å². The van der Waals surface area contributed by atoms with Crippen LogP contribution in [0.2, 0.25) is 0 Å². The van der Waals surface area contributed by atoms with Crippen LogP contribution in [0.1, 0.15) is 41.5 Å². The van der Waals surface area contributed by atoms with E-state index in [9.17, 15) is 27.7 Å². The Balaban J connectivity index is 2.05. The number of aromatic nitrogens is 2. The van der Waals surface area contributed by atoms with Crippen molar-refractivity contribution in [3.63, 3.8) is 0 Å². The summed E-state index contributed by atoms with van der Waals surface area (Å²) in [4.78, 5) is 21.4. The van der Waals surface area contributed by atoms with E-state index in [1.807, 2.05) is 0 Å². The molecule has 10 nitrogen and oxygen atoms in total. The lowest BCUT2D eigenvalue weighted by Crippen LogP contribution is -2.33. The molecule has 31 heavy (non-hydrogen) atoms. The van der Waals surface area contributed by atoms with Gasteiger partial charge in [-0.05, 0) is 48.7 Å². The number of nitro groups is 1. The highest BCUT2D eigenvalue weighted by molar-refractivity contribution is 7.89. The normalized spacial score (nSPS) is 13.7. The summed E-state index contributed by atoms with van der Waals surface area (Å²) in [5.74, 6) is -2.54. The molecule has 0 bridgehead atoms. The molecule has 0 saturated carbocycles. The summed E-state index contributed by atoms with van der Waals surface area (Å²) in [5, 5.41) is 16.6. The average molecular weight is 450 g/mol. The van der Waals surface area contributed by atoms with Crippen LogP contribution in [0.15, 0.2) is 50.5 Å². The van der Waals surface area contributed by atoms with Crippen LogP contribution in [0.4, 0.5) is 10.1 Å². The second-order valence-electron chi connectivity index (χ2n) is 6.99. The molecule has 0 fully saturated rings. The van der Waals surface area contributed by atoms with Crippen LogP contribution in [0.25, 0.3) is 0 Å². The number of hydrogen-bond acceptors (Lipinski definition) is 7. The lowest BCUT2D eigenvalue weighted by molar-refractivity contribution is -0.384. The van der Waals surface area contributed by atoms with Gasteiger partial charge >= 0.3 is 5.76 Å². The van der Waals surface area contributed by atoms with Gasteiger partial charge in [0.1, 0.15) is 11.9 Å². The molecule has 2 aromatic carbocycles. The molecule has 12 heteroatoms. The Bertz CT molecular complexity index is 1280. The molecule has 0 radical (unpaired) electrons. The summed E-state index contributed by atoms with van der Waals surface area (Å²) in [7, 11) is -4.24. The van der Waals surface area contributed by atoms with E-state index in [1.165, 1.54) is 6.07 Å². The monoisotopic (exact) mass is 450 g/mol. The number of aryl methyl sites for hydroxylation is 1. The van der Waals surface area contributed by atoms with Gasteiger partial charge < -0.3 is 4.42 Å². The molecule has 0 unspecified atom stereocenters. The molecule has 1 heterocycles. The number of rotatable bonds is 7. The Hall–Kier alpha value is -3.38. The molecule has 0 aliphatic carbocycles. The van der Waals surface area contributed by atoms with E-state index in [0.29, 0.717) is 5.56 Å². The van der Waals surface area contributed by atoms with Gasteiger partial charge in [-0.2, -0.15) is 4.72 Å². The number of nitrogens with zero attached hydrogens (tertiary/aromatic N) is 2. The van der Waals surface area contributed by atoms with Crippen LogP contribution in [0.5, 0.6) is 0 Å². The van der Waals surface area contributed by atoms with Gasteiger partial charge in [0, 0.05) is 18.1 Å². The fourth-order valence-corrected chi connectivity index (χ4v) is 4.52. The fourth-order valence-electron chi connectivity index (χ4n) is 3.25. The predicted octanol–water partition coefficient (Wildman–Crippen LogP) is 2.85. The molecule has 3 rings (SSSR count). The third-order valence-electron chi connectivity index (χ3n) is 5.05. The zero-order valence-corrected chi connectivity index (χ0v) is 17.6. The van der Waals surface area contributed by atoms with Crippen LogP contribution in [-0.4, -0.2) is 23.5 Å². The van der Waals surface area contributed by atoms with Crippen molar-refractivity contribution in [2.24, 2.45) is 0 Å². The maximum absolute atomic E-state index is 14.7. The summed E-state index contributed by atoms with van der Waals surface area (Å²) in [6.07, 6.45) is 0. The second kappa shape index (κ2) is 8.40. The molecule has 0 amide bonds. The van der Waals surface area contributed by atoms with Gasteiger partial charge in [-0.25, -0.2) is 22.7 Å². The first-order valence-electron chi connectivity index (χ1n) is 9.09. The van der Waals surface area contributed by atoms with Crippen molar-refractivity contribution in [1.82, 2.24) is 14.9 Å². The van der Waals surface area contributed by atoms with Gasteiger partial charge in [0.2, 0.25) is 15.9 Å². The Morgan fingerprint density at radius 2 is 1.84 bits per heavy atom. The van der Waals surface area contributed by atoms with Gasteiger partial charge in [-0.15, -0.1) is 5.10 Å². The molecule has 3 aromatic rings. The van der Waals surface area contributed by atoms with E-state index in [0.717, 1.165) is 29.8 Å². The van der Waals surface area contributed by atoms with Crippen LogP contribution >= 0.6 is 0 Å². The van der Waals surface area contributed by atoms with E-state index in [2.05, 4.69) is 14.9 Å². The molecule has 2 N–H and O–H groups in total. The highest BCUT2D eigenvalue weighted by Crippen LogP contribution is 2.35. The molecular weight excluding hydrogens is 431 g/mol. The maximum Gasteiger partial charge on any atom is 0.434 e. The van der Waals surface area contributed by atoms with E-state index >= 15 is 0 Å². The minimum Gasteiger partial charge on any atom is -0.391 e. The van der Waals surface area contributed by atoms with Crippen molar-refractivity contribution in [2.45, 2.75) is 37.6 Å². The zero-order chi connectivity index (χ0) is 22.9. The molecule has 0 spiro atoms. The van der Waals surface area contributed by atoms with Gasteiger partial charge in [-0.3, -0.25) is 10.1 Å². The first-order chi connectivity index (χ1) is 14.5. The quantitative estimate of drug-likeness (QED) is 0.415. The standard InChI is InChI=1S/C19H19FN4O6S/c1-10-4-9-15(20)16(11(10)2)12(3)17(18-21-22-19(25)30-18)23-31(28,29)14-7-5-13(6-8-14)24(26)27/h4-9,12,17,23H,1-3H3,(H,22,25)/t12-,17+/m1/s1. The number of sulfonamides is 1. The van der Waals surface area contributed by atoms with Gasteiger partial charge in [0.15, 0.2) is 0 Å². The molecule has 164 valence electrons. The highest BCUT2D eigenvalue weighted by atomic mass is 32.2. The topological polar surface area (TPSA) is 148 Å². The largest absolute Gasteiger partial charge is 0.434 e. The first kappa shape index (κ1) is 22.3. The van der Waals surface area contributed by atoms with Gasteiger partial charge in [-0.1, -0.05) is 13.0 Å². The maximum atomic E-state index is 14.7. The van der Waals surface area contributed by atoms with E-state index < -0.39 is 38.5 Å². The first-order valence-corrected chi connectivity index (χ1v) is 10.6. The van der Waals surface area contributed by atoms with E-state index in [4.69, 9.17) is 4.42 Å². The highest BCUT2D eigenvalue weighted by Gasteiger charge is 2.33. The second-order valence-corrected chi connectivity index (χ2v) is 8.71. The zero-order valence-electron chi connectivity index (χ0n) is 16.7. The Morgan fingerprint density at radius 1 is 1.19 bits per heavy atom. The SMILES string of the molecule is Cc1ccc(F)c([C@@H](C)[C@H](NS(=O)(=O)c2ccc([N+](=O)[O-])cc2)c2n[nH]c(=O)o2)c1C. The van der Waals surface area contributed by atoms with E-state index in [-0.39, 0.29) is 22.0 Å². The molecule has 0 aliphatic rings. The Morgan fingerprint density at radius 3 is 2.39 bits per heavy atom. The minimum atomic E-state index is -4.24. The van der Waals surface area contributed by atoms with Gasteiger partial charge in [0.05, 0.1) is 9.82 Å². The number of hydrogen-bond donors (Lipinski definition) is 2. The minimum absolute atomic E-state index is 0.238. The fraction of sp³-hybridized carbons (Fsp3) is 0.263. The predicted molar refractivity (Wildman–Crippen MR) is 108 cm³/mol. The third kappa shape index (κ3) is 4.54. The van der Waals surface area contributed by atoms with Crippen molar-refractivity contribution in [1.29, 1.82) is 0 Å². The lowest BCUT2D eigenvalue weighted by Gasteiger charge is -2.25. The third-order valence-corrected chi connectivity index (χ3v) is 6.51. The van der Waals surface area contributed by atoms with Crippen molar-refractivity contribution in [3.8, 4) is 0 Å². The molecule has 0 aliphatic heterocycles. The summed E-state index contributed by atoms with van der Waals surface area (Å²) in [6.45, 7) is 5.06. The summed E-state index contributed by atoms with van der Waals surface area (Å²) < 4.78 is 47.9. The molecule has 1 aromatic heterocycles. The van der Waals surface area contributed by atoms with E-state index in [1.54, 1.807) is 26.8 Å². The summed E-state index contributed by atoms with van der Waals surface area (Å²) in [6, 6.07) is 5.87. The lowest BCUT2D eigenvalue weighted by atomic mass is 9.88. The van der Waals surface area contributed by atoms with Crippen LogP contribution < -0.4 is 10.5 Å². The summed E-state index contributed by atoms with van der Waals surface area (Å²) in [5.41, 5.74) is 1.37. The smallest absolute Gasteiger partial charge is 0.391 e. The number of halogens is 1. The Kier molecular flexibility index (Phi) is 6.04. The molecular formula is C19H19FN4O6S. The number of non-ortho nitro benzene ring substituents is 1. The number of nitro benzene ring substituents is 1. The molecule has 2 atom stereocenters. The van der Waals surface area contributed by atoms with Crippen LogP contribution in [-0.2, 0) is 10.0 Å². The summed E-state index contributed by atoms with van der Waals surface area (Å²) >= 11 is 0. The molecule has 0 saturated heterocycles. The van der Waals surface area contributed by atoms with Crippen molar-refractivity contribution >= 4 is 15.7 Å². The number of benzene rings is 2. The van der Waals surface area contributed by atoms with Crippen LogP contribution in [0, 0.1) is 29.8 Å². The number of H-pyrrole nitrogens is 1. The number of nitrogens with one attached hydrogen (secondary N) is 2. The van der Waals surface area contributed by atoms with Crippen molar-refractivity contribution in [2.75, 3.05) is 0 Å². The Labute approximate surface area is 176 Å². The average Bonchev–Trinajstić information content (AvgIpc) is 3.15.